The molecule has 2 aromatic rings. The largest absolute Gasteiger partial charge is 0.333 e. The maximum atomic E-state index is 5.41. The van der Waals surface area contributed by atoms with Gasteiger partial charge in [0.1, 0.15) is 16.5 Å². The standard InChI is InChI=1S/C9H13N7S/c10-12-9-7(13-14-17-9)5-15-3-4-16-2-1-11-8(16)6-15/h1-2,12H,3-6,10H2. The number of hydrogen-bond acceptors (Lipinski definition) is 7. The molecule has 0 aromatic carbocycles. The lowest BCUT2D eigenvalue weighted by atomic mass is 10.3. The molecule has 1 aliphatic rings. The molecule has 0 saturated heterocycles. The zero-order chi connectivity index (χ0) is 11.7. The first kappa shape index (κ1) is 10.6. The maximum absolute atomic E-state index is 5.41. The van der Waals surface area contributed by atoms with Gasteiger partial charge in [0, 0.05) is 43.6 Å². The Morgan fingerprint density at radius 3 is 3.29 bits per heavy atom. The summed E-state index contributed by atoms with van der Waals surface area (Å²) in [5.41, 5.74) is 3.53. The van der Waals surface area contributed by atoms with Crippen LogP contribution >= 0.6 is 11.5 Å². The summed E-state index contributed by atoms with van der Waals surface area (Å²) in [5.74, 6) is 6.50. The van der Waals surface area contributed by atoms with Crippen molar-refractivity contribution < 1.29 is 0 Å². The molecule has 0 aliphatic carbocycles. The highest BCUT2D eigenvalue weighted by molar-refractivity contribution is 7.10. The van der Waals surface area contributed by atoms with Crippen molar-refractivity contribution in [2.45, 2.75) is 19.6 Å². The Balaban J connectivity index is 1.72. The van der Waals surface area contributed by atoms with E-state index in [4.69, 9.17) is 5.84 Å². The van der Waals surface area contributed by atoms with Crippen LogP contribution in [0.3, 0.4) is 0 Å². The highest BCUT2D eigenvalue weighted by Gasteiger charge is 2.19. The van der Waals surface area contributed by atoms with Gasteiger partial charge in [0.15, 0.2) is 0 Å². The average Bonchev–Trinajstić information content (AvgIpc) is 2.96. The number of hydrazine groups is 1. The molecular formula is C9H13N7S. The van der Waals surface area contributed by atoms with E-state index in [-0.39, 0.29) is 0 Å². The van der Waals surface area contributed by atoms with Gasteiger partial charge in [-0.1, -0.05) is 4.49 Å². The third kappa shape index (κ3) is 2.02. The number of hydrogen-bond donors (Lipinski definition) is 2. The number of nitrogens with zero attached hydrogens (tertiary/aromatic N) is 5. The number of aromatic nitrogens is 4. The first-order valence-corrected chi connectivity index (χ1v) is 6.14. The molecule has 3 rings (SSSR count). The number of nitrogens with two attached hydrogens (primary N) is 1. The molecule has 7 nitrogen and oxygen atoms in total. The molecule has 3 N–H and O–H groups in total. The van der Waals surface area contributed by atoms with E-state index in [1.807, 2.05) is 12.4 Å². The molecule has 1 aliphatic heterocycles. The molecule has 0 unspecified atom stereocenters. The van der Waals surface area contributed by atoms with Gasteiger partial charge in [0.25, 0.3) is 0 Å². The molecule has 8 heteroatoms. The molecule has 0 saturated carbocycles. The van der Waals surface area contributed by atoms with E-state index >= 15 is 0 Å². The number of imidazole rings is 1. The van der Waals surface area contributed by atoms with Crippen LogP contribution < -0.4 is 11.3 Å². The molecule has 0 spiro atoms. The van der Waals surface area contributed by atoms with Crippen molar-refractivity contribution in [3.05, 3.63) is 23.9 Å². The van der Waals surface area contributed by atoms with E-state index in [0.29, 0.717) is 0 Å². The molecule has 0 fully saturated rings. The number of nitrogens with one attached hydrogen (secondary N) is 1. The van der Waals surface area contributed by atoms with Crippen molar-refractivity contribution in [3.8, 4) is 0 Å². The Morgan fingerprint density at radius 2 is 2.41 bits per heavy atom. The van der Waals surface area contributed by atoms with E-state index in [0.717, 1.165) is 42.7 Å². The van der Waals surface area contributed by atoms with Crippen molar-refractivity contribution in [1.29, 1.82) is 0 Å². The summed E-state index contributed by atoms with van der Waals surface area (Å²) in [5, 5.41) is 4.91. The smallest absolute Gasteiger partial charge is 0.148 e. The SMILES string of the molecule is NNc1snnc1CN1CCn2ccnc2C1. The lowest BCUT2D eigenvalue weighted by Gasteiger charge is -2.26. The minimum Gasteiger partial charge on any atom is -0.333 e. The first-order chi connectivity index (χ1) is 8.36. The Kier molecular flexibility index (Phi) is 2.75. The summed E-state index contributed by atoms with van der Waals surface area (Å²) < 4.78 is 6.07. The maximum Gasteiger partial charge on any atom is 0.148 e. The molecule has 3 heterocycles. The quantitative estimate of drug-likeness (QED) is 0.591. The molecule has 90 valence electrons. The van der Waals surface area contributed by atoms with E-state index in [1.54, 1.807) is 0 Å². The zero-order valence-corrected chi connectivity index (χ0v) is 10.0. The van der Waals surface area contributed by atoms with Crippen LogP contribution in [0, 0.1) is 0 Å². The Labute approximate surface area is 102 Å². The summed E-state index contributed by atoms with van der Waals surface area (Å²) in [7, 11) is 0. The van der Waals surface area contributed by atoms with Crippen LogP contribution in [-0.2, 0) is 19.6 Å². The Bertz CT molecular complexity index is 505. The van der Waals surface area contributed by atoms with Gasteiger partial charge in [-0.2, -0.15) is 0 Å². The predicted molar refractivity (Wildman–Crippen MR) is 64.1 cm³/mol. The fraction of sp³-hybridized carbons (Fsp3) is 0.444. The van der Waals surface area contributed by atoms with Crippen LogP contribution in [0.4, 0.5) is 5.00 Å². The summed E-state index contributed by atoms with van der Waals surface area (Å²) in [6.45, 7) is 3.56. The minimum absolute atomic E-state index is 0.753. The second kappa shape index (κ2) is 4.40. The third-order valence-electron chi connectivity index (χ3n) is 2.88. The van der Waals surface area contributed by atoms with Crippen molar-refractivity contribution in [3.63, 3.8) is 0 Å². The Morgan fingerprint density at radius 1 is 1.47 bits per heavy atom. The van der Waals surface area contributed by atoms with Gasteiger partial charge in [-0.3, -0.25) is 4.90 Å². The monoisotopic (exact) mass is 251 g/mol. The lowest BCUT2D eigenvalue weighted by molar-refractivity contribution is 0.207. The van der Waals surface area contributed by atoms with Gasteiger partial charge in [-0.05, 0) is 0 Å². The third-order valence-corrected chi connectivity index (χ3v) is 3.58. The fourth-order valence-electron chi connectivity index (χ4n) is 1.99. The Hall–Kier alpha value is -1.51. The van der Waals surface area contributed by atoms with Gasteiger partial charge in [-0.15, -0.1) is 5.10 Å². The van der Waals surface area contributed by atoms with Crippen LogP contribution in [0.15, 0.2) is 12.4 Å². The number of anilines is 1. The molecule has 2 aromatic heterocycles. The van der Waals surface area contributed by atoms with Crippen LogP contribution in [0.5, 0.6) is 0 Å². The molecule has 0 radical (unpaired) electrons. The second-order valence-electron chi connectivity index (χ2n) is 3.94. The summed E-state index contributed by atoms with van der Waals surface area (Å²) >= 11 is 1.28. The number of fused-ring (bicyclic) bond motifs is 1. The minimum atomic E-state index is 0.753. The molecule has 17 heavy (non-hydrogen) atoms. The van der Waals surface area contributed by atoms with Crippen LogP contribution in [0.2, 0.25) is 0 Å². The predicted octanol–water partition coefficient (Wildman–Crippen LogP) is 0.0360. The molecule has 0 bridgehead atoms. The van der Waals surface area contributed by atoms with E-state index in [1.165, 1.54) is 11.5 Å². The average molecular weight is 251 g/mol. The van der Waals surface area contributed by atoms with E-state index in [2.05, 4.69) is 29.5 Å². The van der Waals surface area contributed by atoms with Crippen LogP contribution in [0.25, 0.3) is 0 Å². The van der Waals surface area contributed by atoms with Crippen molar-refractivity contribution >= 4 is 16.5 Å². The van der Waals surface area contributed by atoms with Gasteiger partial charge in [-0.25, -0.2) is 10.8 Å². The first-order valence-electron chi connectivity index (χ1n) is 5.37. The van der Waals surface area contributed by atoms with E-state index in [9.17, 15) is 0 Å². The van der Waals surface area contributed by atoms with Crippen molar-refractivity contribution in [1.82, 2.24) is 24.0 Å². The van der Waals surface area contributed by atoms with Crippen LogP contribution in [-0.4, -0.2) is 30.6 Å². The van der Waals surface area contributed by atoms with Crippen molar-refractivity contribution in [2.75, 3.05) is 12.0 Å². The molecular weight excluding hydrogens is 238 g/mol. The molecule has 0 amide bonds. The van der Waals surface area contributed by atoms with Crippen LogP contribution in [0.1, 0.15) is 11.5 Å². The van der Waals surface area contributed by atoms with Gasteiger partial charge in [0.05, 0.1) is 6.54 Å². The van der Waals surface area contributed by atoms with E-state index < -0.39 is 0 Å². The summed E-state index contributed by atoms with van der Waals surface area (Å²) in [6, 6.07) is 0. The lowest BCUT2D eigenvalue weighted by Crippen LogP contribution is -2.33. The van der Waals surface area contributed by atoms with Gasteiger partial charge < -0.3 is 9.99 Å². The van der Waals surface area contributed by atoms with Crippen molar-refractivity contribution in [2.24, 2.45) is 5.84 Å². The normalized spacial score (nSPS) is 15.8. The number of rotatable bonds is 3. The highest BCUT2D eigenvalue weighted by Crippen LogP contribution is 2.20. The number of nitrogen functional groups attached to an aromatic ring is 1. The zero-order valence-electron chi connectivity index (χ0n) is 9.20. The summed E-state index contributed by atoms with van der Waals surface area (Å²) in [6.07, 6.45) is 3.86. The molecule has 0 atom stereocenters. The fourth-order valence-corrected chi connectivity index (χ4v) is 2.48. The second-order valence-corrected chi connectivity index (χ2v) is 4.69. The topological polar surface area (TPSA) is 84.9 Å². The van der Waals surface area contributed by atoms with Gasteiger partial charge in [0.2, 0.25) is 0 Å². The van der Waals surface area contributed by atoms with Gasteiger partial charge >= 0.3 is 0 Å². The highest BCUT2D eigenvalue weighted by atomic mass is 32.1. The summed E-state index contributed by atoms with van der Waals surface area (Å²) in [4.78, 5) is 6.62.